The number of nitrogens with zero attached hydrogens (tertiary/aromatic N) is 2. The number of hydrogen-bond donors (Lipinski definition) is 2. The van der Waals surface area contributed by atoms with Gasteiger partial charge in [-0.2, -0.15) is 0 Å². The summed E-state index contributed by atoms with van der Waals surface area (Å²) in [6.45, 7) is 10.0. The van der Waals surface area contributed by atoms with Gasteiger partial charge in [0.25, 0.3) is 0 Å². The van der Waals surface area contributed by atoms with Crippen LogP contribution in [0.3, 0.4) is 0 Å². The van der Waals surface area contributed by atoms with Gasteiger partial charge in [-0.25, -0.2) is 0 Å². The molecule has 27 heavy (non-hydrogen) atoms. The molecule has 1 unspecified atom stereocenters. The van der Waals surface area contributed by atoms with Gasteiger partial charge >= 0.3 is 5.97 Å². The van der Waals surface area contributed by atoms with Crippen LogP contribution in [0.2, 0.25) is 0 Å². The molecule has 0 aliphatic carbocycles. The van der Waals surface area contributed by atoms with E-state index in [9.17, 15) is 4.79 Å². The van der Waals surface area contributed by atoms with Gasteiger partial charge in [-0.1, -0.05) is 44.2 Å². The molecule has 1 rings (SSSR count). The van der Waals surface area contributed by atoms with Crippen LogP contribution in [0.5, 0.6) is 0 Å². The minimum absolute atomic E-state index is 0. The zero-order valence-electron chi connectivity index (χ0n) is 17.0. The summed E-state index contributed by atoms with van der Waals surface area (Å²) in [6.07, 6.45) is 1.14. The molecule has 0 heterocycles. The highest BCUT2D eigenvalue weighted by molar-refractivity contribution is 14.0. The van der Waals surface area contributed by atoms with Gasteiger partial charge < -0.3 is 15.4 Å². The van der Waals surface area contributed by atoms with Crippen molar-refractivity contribution in [2.45, 2.75) is 39.7 Å². The second-order valence-corrected chi connectivity index (χ2v) is 5.94. The second-order valence-electron chi connectivity index (χ2n) is 5.94. The topological polar surface area (TPSA) is 66.0 Å². The molecule has 1 aromatic rings. The maximum atomic E-state index is 11.4. The average molecular weight is 490 g/mol. The van der Waals surface area contributed by atoms with E-state index in [1.807, 2.05) is 13.0 Å². The molecule has 0 bridgehead atoms. The Hall–Kier alpha value is -1.35. The van der Waals surface area contributed by atoms with Gasteiger partial charge in [0, 0.05) is 26.6 Å². The summed E-state index contributed by atoms with van der Waals surface area (Å²) in [7, 11) is 1.76. The Balaban J connectivity index is 0.00000676. The van der Waals surface area contributed by atoms with E-state index >= 15 is 0 Å². The van der Waals surface area contributed by atoms with Crippen LogP contribution in [0.4, 0.5) is 0 Å². The van der Waals surface area contributed by atoms with Gasteiger partial charge in [0.1, 0.15) is 0 Å². The predicted molar refractivity (Wildman–Crippen MR) is 123 cm³/mol. The highest BCUT2D eigenvalue weighted by Gasteiger charge is 2.18. The number of nitrogens with one attached hydrogen (secondary N) is 2. The van der Waals surface area contributed by atoms with Crippen molar-refractivity contribution in [1.82, 2.24) is 15.5 Å². The Morgan fingerprint density at radius 3 is 2.37 bits per heavy atom. The smallest absolute Gasteiger partial charge is 0.305 e. The monoisotopic (exact) mass is 490 g/mol. The molecule has 2 N–H and O–H groups in total. The quantitative estimate of drug-likeness (QED) is 0.164. The van der Waals surface area contributed by atoms with Crippen LogP contribution in [0.1, 0.15) is 45.2 Å². The first-order valence-corrected chi connectivity index (χ1v) is 9.55. The van der Waals surface area contributed by atoms with E-state index in [0.717, 1.165) is 32.0 Å². The van der Waals surface area contributed by atoms with E-state index in [1.54, 1.807) is 7.05 Å². The lowest BCUT2D eigenvalue weighted by Gasteiger charge is -2.30. The fraction of sp³-hybridized carbons (Fsp3) is 0.600. The molecule has 0 aliphatic heterocycles. The minimum Gasteiger partial charge on any atom is -0.466 e. The number of ether oxygens (including phenoxy) is 1. The predicted octanol–water partition coefficient (Wildman–Crippen LogP) is 3.20. The molecule has 0 spiro atoms. The van der Waals surface area contributed by atoms with Crippen LogP contribution in [-0.4, -0.2) is 56.7 Å². The lowest BCUT2D eigenvalue weighted by molar-refractivity contribution is -0.143. The van der Waals surface area contributed by atoms with Crippen molar-refractivity contribution in [2.75, 3.05) is 39.8 Å². The second kappa shape index (κ2) is 15.7. The van der Waals surface area contributed by atoms with Crippen molar-refractivity contribution >= 4 is 35.9 Å². The largest absolute Gasteiger partial charge is 0.466 e. The molecule has 0 aromatic heterocycles. The molecule has 1 atom stereocenters. The van der Waals surface area contributed by atoms with E-state index in [2.05, 4.69) is 58.6 Å². The zero-order valence-corrected chi connectivity index (χ0v) is 19.4. The van der Waals surface area contributed by atoms with Gasteiger partial charge in [-0.3, -0.25) is 14.7 Å². The van der Waals surface area contributed by atoms with Crippen LogP contribution in [0.15, 0.2) is 35.3 Å². The maximum Gasteiger partial charge on any atom is 0.305 e. The Bertz CT molecular complexity index is 536. The summed E-state index contributed by atoms with van der Waals surface area (Å²) in [6, 6.07) is 10.8. The van der Waals surface area contributed by atoms with Crippen molar-refractivity contribution in [3.63, 3.8) is 0 Å². The number of rotatable bonds is 11. The maximum absolute atomic E-state index is 11.4. The highest BCUT2D eigenvalue weighted by Crippen LogP contribution is 2.19. The summed E-state index contributed by atoms with van der Waals surface area (Å²) in [5.41, 5.74) is 1.29. The fourth-order valence-electron chi connectivity index (χ4n) is 2.88. The summed E-state index contributed by atoms with van der Waals surface area (Å²) in [5, 5.41) is 6.67. The molecule has 0 saturated heterocycles. The molecule has 6 nitrogen and oxygen atoms in total. The molecule has 0 aliphatic rings. The van der Waals surface area contributed by atoms with Crippen LogP contribution in [-0.2, 0) is 9.53 Å². The first-order chi connectivity index (χ1) is 12.7. The summed E-state index contributed by atoms with van der Waals surface area (Å²) in [4.78, 5) is 18.1. The van der Waals surface area contributed by atoms with Gasteiger partial charge in [-0.05, 0) is 32.0 Å². The molecule has 154 valence electrons. The number of esters is 1. The normalized spacial score (nSPS) is 12.3. The molecule has 0 radical (unpaired) electrons. The standard InChI is InChI=1S/C20H34N4O2.HI/c1-5-24(6-2)18(17-12-9-8-10-13-17)16-23-20(21-4)22-15-11-14-19(25)26-7-3;/h8-10,12-13,18H,5-7,11,14-16H2,1-4H3,(H2,21,22,23);1H. The first kappa shape index (κ1) is 25.6. The number of carbonyl (C=O) groups excluding carboxylic acids is 1. The van der Waals surface area contributed by atoms with E-state index < -0.39 is 0 Å². The number of carbonyl (C=O) groups is 1. The van der Waals surface area contributed by atoms with Crippen molar-refractivity contribution in [3.05, 3.63) is 35.9 Å². The average Bonchev–Trinajstić information content (AvgIpc) is 2.67. The number of hydrogen-bond acceptors (Lipinski definition) is 4. The Morgan fingerprint density at radius 1 is 1.15 bits per heavy atom. The van der Waals surface area contributed by atoms with E-state index in [1.165, 1.54) is 5.56 Å². The van der Waals surface area contributed by atoms with Crippen molar-refractivity contribution in [1.29, 1.82) is 0 Å². The van der Waals surface area contributed by atoms with Gasteiger partial charge in [0.05, 0.1) is 12.6 Å². The lowest BCUT2D eigenvalue weighted by atomic mass is 10.1. The van der Waals surface area contributed by atoms with Crippen molar-refractivity contribution in [3.8, 4) is 0 Å². The highest BCUT2D eigenvalue weighted by atomic mass is 127. The van der Waals surface area contributed by atoms with Crippen LogP contribution >= 0.6 is 24.0 Å². The lowest BCUT2D eigenvalue weighted by Crippen LogP contribution is -2.43. The van der Waals surface area contributed by atoms with Crippen LogP contribution in [0, 0.1) is 0 Å². The Morgan fingerprint density at radius 2 is 1.81 bits per heavy atom. The number of benzene rings is 1. The minimum atomic E-state index is -0.150. The SMILES string of the molecule is CCOC(=O)CCCNC(=NC)NCC(c1ccccc1)N(CC)CC.I. The number of likely N-dealkylation sites (N-methyl/N-ethyl adjacent to an activating group) is 1. The van der Waals surface area contributed by atoms with E-state index in [0.29, 0.717) is 19.6 Å². The van der Waals surface area contributed by atoms with Crippen molar-refractivity contribution < 1.29 is 9.53 Å². The number of aliphatic imine (C=N–C) groups is 1. The molecule has 0 amide bonds. The molecule has 1 aromatic carbocycles. The summed E-state index contributed by atoms with van der Waals surface area (Å²) < 4.78 is 4.94. The van der Waals surface area contributed by atoms with Crippen molar-refractivity contribution in [2.24, 2.45) is 4.99 Å². The number of halogens is 1. The summed E-state index contributed by atoms with van der Waals surface area (Å²) >= 11 is 0. The van der Waals surface area contributed by atoms with Crippen LogP contribution in [0.25, 0.3) is 0 Å². The fourth-order valence-corrected chi connectivity index (χ4v) is 2.88. The third-order valence-corrected chi connectivity index (χ3v) is 4.28. The molecular formula is C20H35IN4O2. The first-order valence-electron chi connectivity index (χ1n) is 9.55. The van der Waals surface area contributed by atoms with Gasteiger partial charge in [0.2, 0.25) is 0 Å². The number of guanidine groups is 1. The molecule has 7 heteroatoms. The van der Waals surface area contributed by atoms with E-state index in [4.69, 9.17) is 4.74 Å². The Kier molecular flexibility index (Phi) is 14.9. The van der Waals surface area contributed by atoms with Gasteiger partial charge in [0.15, 0.2) is 5.96 Å². The van der Waals surface area contributed by atoms with E-state index in [-0.39, 0.29) is 36.0 Å². The summed E-state index contributed by atoms with van der Waals surface area (Å²) in [5.74, 6) is 0.602. The zero-order chi connectivity index (χ0) is 19.2. The Labute approximate surface area is 181 Å². The van der Waals surface area contributed by atoms with Crippen LogP contribution < -0.4 is 10.6 Å². The third kappa shape index (κ3) is 9.95. The third-order valence-electron chi connectivity index (χ3n) is 4.28. The van der Waals surface area contributed by atoms with Gasteiger partial charge in [-0.15, -0.1) is 24.0 Å². The molecule has 0 fully saturated rings. The molecular weight excluding hydrogens is 455 g/mol. The molecule has 0 saturated carbocycles.